The maximum Gasteiger partial charge on any atom is 0.0716 e. The molecular formula is C14H23NOS. The summed E-state index contributed by atoms with van der Waals surface area (Å²) in [6, 6.07) is 10.3. The van der Waals surface area contributed by atoms with Crippen molar-refractivity contribution < 1.29 is 4.74 Å². The SMILES string of the molecule is CSC(C)CNCCCOCc1ccccc1. The Morgan fingerprint density at radius 1 is 1.29 bits per heavy atom. The molecule has 1 rings (SSSR count). The number of benzene rings is 1. The zero-order valence-electron chi connectivity index (χ0n) is 10.8. The molecule has 0 saturated carbocycles. The average Bonchev–Trinajstić information content (AvgIpc) is 2.38. The smallest absolute Gasteiger partial charge is 0.0716 e. The van der Waals surface area contributed by atoms with Crippen LogP contribution in [-0.2, 0) is 11.3 Å². The van der Waals surface area contributed by atoms with Gasteiger partial charge in [0.05, 0.1) is 6.61 Å². The molecule has 0 aliphatic carbocycles. The van der Waals surface area contributed by atoms with Crippen LogP contribution in [0.1, 0.15) is 18.9 Å². The fraction of sp³-hybridized carbons (Fsp3) is 0.571. The molecule has 0 radical (unpaired) electrons. The molecule has 0 saturated heterocycles. The van der Waals surface area contributed by atoms with E-state index < -0.39 is 0 Å². The standard InChI is InChI=1S/C14H23NOS/c1-13(17-2)11-15-9-6-10-16-12-14-7-4-3-5-8-14/h3-5,7-8,13,15H,6,9-12H2,1-2H3. The maximum absolute atomic E-state index is 5.61. The Balaban J connectivity index is 1.91. The van der Waals surface area contributed by atoms with Gasteiger partial charge in [0, 0.05) is 18.4 Å². The minimum absolute atomic E-state index is 0.695. The minimum atomic E-state index is 0.695. The van der Waals surface area contributed by atoms with Gasteiger partial charge in [0.25, 0.3) is 0 Å². The molecule has 0 aliphatic rings. The molecule has 0 heterocycles. The molecular weight excluding hydrogens is 230 g/mol. The highest BCUT2D eigenvalue weighted by molar-refractivity contribution is 7.99. The Bertz CT molecular complexity index is 279. The second kappa shape index (κ2) is 9.51. The Morgan fingerprint density at radius 2 is 2.06 bits per heavy atom. The van der Waals surface area contributed by atoms with E-state index in [0.717, 1.165) is 32.7 Å². The number of rotatable bonds is 9. The van der Waals surface area contributed by atoms with Crippen LogP contribution in [0.2, 0.25) is 0 Å². The van der Waals surface area contributed by atoms with E-state index in [9.17, 15) is 0 Å². The molecule has 2 nitrogen and oxygen atoms in total. The van der Waals surface area contributed by atoms with E-state index in [1.165, 1.54) is 5.56 Å². The summed E-state index contributed by atoms with van der Waals surface area (Å²) >= 11 is 1.90. The van der Waals surface area contributed by atoms with Crippen LogP contribution in [-0.4, -0.2) is 31.2 Å². The first-order chi connectivity index (χ1) is 8.33. The van der Waals surface area contributed by atoms with Crippen LogP contribution in [0.5, 0.6) is 0 Å². The molecule has 1 N–H and O–H groups in total. The van der Waals surface area contributed by atoms with Crippen molar-refractivity contribution in [1.29, 1.82) is 0 Å². The number of hydrogen-bond acceptors (Lipinski definition) is 3. The van der Waals surface area contributed by atoms with Crippen LogP contribution in [0.15, 0.2) is 30.3 Å². The summed E-state index contributed by atoms with van der Waals surface area (Å²) in [5, 5.41) is 4.13. The predicted octanol–water partition coefficient (Wildman–Crippen LogP) is 2.93. The summed E-state index contributed by atoms with van der Waals surface area (Å²) in [6.45, 7) is 5.92. The van der Waals surface area contributed by atoms with Crippen molar-refractivity contribution in [1.82, 2.24) is 5.32 Å². The fourth-order valence-corrected chi connectivity index (χ4v) is 1.74. The van der Waals surface area contributed by atoms with Crippen molar-refractivity contribution in [3.63, 3.8) is 0 Å². The lowest BCUT2D eigenvalue weighted by atomic mass is 10.2. The summed E-state index contributed by atoms with van der Waals surface area (Å²) in [5.74, 6) is 0. The van der Waals surface area contributed by atoms with Crippen molar-refractivity contribution in [3.8, 4) is 0 Å². The van der Waals surface area contributed by atoms with E-state index in [-0.39, 0.29) is 0 Å². The molecule has 96 valence electrons. The van der Waals surface area contributed by atoms with Crippen molar-refractivity contribution >= 4 is 11.8 Å². The lowest BCUT2D eigenvalue weighted by molar-refractivity contribution is 0.118. The monoisotopic (exact) mass is 253 g/mol. The van der Waals surface area contributed by atoms with E-state index in [1.807, 2.05) is 30.0 Å². The highest BCUT2D eigenvalue weighted by atomic mass is 32.2. The van der Waals surface area contributed by atoms with E-state index in [2.05, 4.69) is 30.6 Å². The zero-order valence-corrected chi connectivity index (χ0v) is 11.6. The van der Waals surface area contributed by atoms with Crippen LogP contribution in [0, 0.1) is 0 Å². The van der Waals surface area contributed by atoms with E-state index in [0.29, 0.717) is 5.25 Å². The molecule has 0 amide bonds. The number of hydrogen-bond donors (Lipinski definition) is 1. The Kier molecular flexibility index (Phi) is 8.14. The molecule has 0 spiro atoms. The Morgan fingerprint density at radius 3 is 2.76 bits per heavy atom. The fourth-order valence-electron chi connectivity index (χ4n) is 1.45. The van der Waals surface area contributed by atoms with Gasteiger partial charge in [-0.2, -0.15) is 11.8 Å². The second-order valence-corrected chi connectivity index (χ2v) is 5.42. The molecule has 3 heteroatoms. The van der Waals surface area contributed by atoms with Gasteiger partial charge in [-0.1, -0.05) is 37.3 Å². The Hall–Kier alpha value is -0.510. The van der Waals surface area contributed by atoms with Crippen molar-refractivity contribution in [2.24, 2.45) is 0 Å². The largest absolute Gasteiger partial charge is 0.377 e. The number of thioether (sulfide) groups is 1. The van der Waals surface area contributed by atoms with Gasteiger partial charge in [0.15, 0.2) is 0 Å². The summed E-state index contributed by atoms with van der Waals surface area (Å²) in [7, 11) is 0. The van der Waals surface area contributed by atoms with Crippen LogP contribution < -0.4 is 5.32 Å². The highest BCUT2D eigenvalue weighted by Crippen LogP contribution is 2.02. The molecule has 0 fully saturated rings. The molecule has 1 atom stereocenters. The van der Waals surface area contributed by atoms with Gasteiger partial charge in [-0.3, -0.25) is 0 Å². The topological polar surface area (TPSA) is 21.3 Å². The summed E-state index contributed by atoms with van der Waals surface area (Å²) < 4.78 is 5.61. The molecule has 0 aromatic heterocycles. The zero-order chi connectivity index (χ0) is 12.3. The number of ether oxygens (including phenoxy) is 1. The predicted molar refractivity (Wildman–Crippen MR) is 76.6 cm³/mol. The van der Waals surface area contributed by atoms with Crippen LogP contribution in [0.25, 0.3) is 0 Å². The summed E-state index contributed by atoms with van der Waals surface area (Å²) in [6.07, 6.45) is 3.23. The van der Waals surface area contributed by atoms with Gasteiger partial charge >= 0.3 is 0 Å². The molecule has 1 unspecified atom stereocenters. The van der Waals surface area contributed by atoms with E-state index >= 15 is 0 Å². The molecule has 0 bridgehead atoms. The molecule has 1 aromatic rings. The van der Waals surface area contributed by atoms with Crippen LogP contribution in [0.3, 0.4) is 0 Å². The molecule has 1 aromatic carbocycles. The normalized spacial score (nSPS) is 12.6. The van der Waals surface area contributed by atoms with Crippen molar-refractivity contribution in [2.45, 2.75) is 25.2 Å². The van der Waals surface area contributed by atoms with E-state index in [1.54, 1.807) is 0 Å². The van der Waals surface area contributed by atoms with Crippen molar-refractivity contribution in [2.75, 3.05) is 26.0 Å². The minimum Gasteiger partial charge on any atom is -0.377 e. The Labute approximate surface area is 109 Å². The van der Waals surface area contributed by atoms with E-state index in [4.69, 9.17) is 4.74 Å². The van der Waals surface area contributed by atoms with Crippen molar-refractivity contribution in [3.05, 3.63) is 35.9 Å². The maximum atomic E-state index is 5.61. The number of nitrogens with one attached hydrogen (secondary N) is 1. The quantitative estimate of drug-likeness (QED) is 0.684. The van der Waals surface area contributed by atoms with Crippen LogP contribution >= 0.6 is 11.8 Å². The first-order valence-electron chi connectivity index (χ1n) is 6.18. The third-order valence-electron chi connectivity index (χ3n) is 2.59. The average molecular weight is 253 g/mol. The lowest BCUT2D eigenvalue weighted by Gasteiger charge is -2.09. The van der Waals surface area contributed by atoms with Gasteiger partial charge < -0.3 is 10.1 Å². The summed E-state index contributed by atoms with van der Waals surface area (Å²) in [4.78, 5) is 0. The van der Waals surface area contributed by atoms with Gasteiger partial charge in [-0.05, 0) is 24.8 Å². The third kappa shape index (κ3) is 7.42. The van der Waals surface area contributed by atoms with Gasteiger partial charge in [0.2, 0.25) is 0 Å². The third-order valence-corrected chi connectivity index (χ3v) is 3.56. The molecule has 17 heavy (non-hydrogen) atoms. The van der Waals surface area contributed by atoms with Gasteiger partial charge in [-0.25, -0.2) is 0 Å². The van der Waals surface area contributed by atoms with Gasteiger partial charge in [-0.15, -0.1) is 0 Å². The first-order valence-corrected chi connectivity index (χ1v) is 7.47. The van der Waals surface area contributed by atoms with Crippen LogP contribution in [0.4, 0.5) is 0 Å². The second-order valence-electron chi connectivity index (χ2n) is 4.14. The van der Waals surface area contributed by atoms with Gasteiger partial charge in [0.1, 0.15) is 0 Å². The summed E-state index contributed by atoms with van der Waals surface area (Å²) in [5.41, 5.74) is 1.25. The molecule has 0 aliphatic heterocycles. The first kappa shape index (κ1) is 14.6. The highest BCUT2D eigenvalue weighted by Gasteiger charge is 1.97. The lowest BCUT2D eigenvalue weighted by Crippen LogP contribution is -2.24.